The molecule has 0 bridgehead atoms. The van der Waals surface area contributed by atoms with Gasteiger partial charge in [0.05, 0.1) is 37.2 Å². The summed E-state index contributed by atoms with van der Waals surface area (Å²) in [4.78, 5) is 32.2. The van der Waals surface area contributed by atoms with Gasteiger partial charge in [-0.15, -0.1) is 0 Å². The second-order valence-corrected chi connectivity index (χ2v) is 20.5. The fourth-order valence-corrected chi connectivity index (χ4v) is 10.4. The van der Waals surface area contributed by atoms with E-state index in [1.54, 1.807) is 30.6 Å². The predicted octanol–water partition coefficient (Wildman–Crippen LogP) is 8.75. The first-order chi connectivity index (χ1) is 30.8. The van der Waals surface area contributed by atoms with E-state index >= 15 is 0 Å². The Morgan fingerprint density at radius 3 is 2.48 bits per heavy atom. The molecule has 1 amide bonds. The van der Waals surface area contributed by atoms with Crippen molar-refractivity contribution in [2.45, 2.75) is 63.2 Å². The topological polar surface area (TPSA) is 142 Å². The molecule has 0 radical (unpaired) electrons. The largest absolute Gasteiger partial charge is 0.476 e. The van der Waals surface area contributed by atoms with Crippen molar-refractivity contribution in [1.29, 1.82) is 0 Å². The van der Waals surface area contributed by atoms with Gasteiger partial charge in [0, 0.05) is 61.1 Å². The lowest BCUT2D eigenvalue weighted by molar-refractivity contribution is -0.202. The van der Waals surface area contributed by atoms with Crippen LogP contribution in [0.25, 0.3) is 16.6 Å². The molecular weight excluding hydrogens is 881 g/mol. The molecule has 64 heavy (non-hydrogen) atoms. The zero-order valence-corrected chi connectivity index (χ0v) is 38.2. The molecule has 17 heteroatoms. The number of likely N-dealkylation sites (tertiary alicyclic amines) is 1. The Morgan fingerprint density at radius 1 is 0.984 bits per heavy atom. The van der Waals surface area contributed by atoms with Crippen LogP contribution in [-0.4, -0.2) is 111 Å². The molecule has 2 N–H and O–H groups in total. The smallest absolute Gasteiger partial charge is 0.268 e. The number of nitrogens with zero attached hydrogens (tertiary/aromatic N) is 5. The van der Waals surface area contributed by atoms with E-state index in [2.05, 4.69) is 60.4 Å². The third-order valence-electron chi connectivity index (χ3n) is 13.0. The van der Waals surface area contributed by atoms with E-state index in [4.69, 9.17) is 37.4 Å². The monoisotopic (exact) mass is 931 g/mol. The Hall–Kier alpha value is -4.77. The molecular formula is C47H52Cl2FN7O6S. The van der Waals surface area contributed by atoms with Crippen molar-refractivity contribution < 1.29 is 31.8 Å². The van der Waals surface area contributed by atoms with Crippen LogP contribution in [0.5, 0.6) is 17.4 Å². The predicted molar refractivity (Wildman–Crippen MR) is 246 cm³/mol. The van der Waals surface area contributed by atoms with Gasteiger partial charge in [-0.05, 0) is 110 Å². The van der Waals surface area contributed by atoms with Gasteiger partial charge in [0.15, 0.2) is 0 Å². The number of sulfonamides is 1. The van der Waals surface area contributed by atoms with Crippen LogP contribution in [0.2, 0.25) is 10.0 Å². The number of halogens is 3. The molecule has 3 aliphatic heterocycles. The van der Waals surface area contributed by atoms with Crippen LogP contribution in [0.1, 0.15) is 61.9 Å². The van der Waals surface area contributed by atoms with Crippen molar-refractivity contribution in [2.75, 3.05) is 63.9 Å². The average Bonchev–Trinajstić information content (AvgIpc) is 3.75. The number of pyridine rings is 2. The van der Waals surface area contributed by atoms with Crippen LogP contribution in [0.4, 0.5) is 10.1 Å². The maximum absolute atomic E-state index is 13.9. The first kappa shape index (κ1) is 44.4. The number of nitrogens with one attached hydrogen (secondary N) is 2. The van der Waals surface area contributed by atoms with E-state index in [1.807, 2.05) is 24.3 Å². The molecule has 1 aliphatic carbocycles. The van der Waals surface area contributed by atoms with Gasteiger partial charge in [0.1, 0.15) is 27.1 Å². The maximum atomic E-state index is 13.9. The molecule has 3 fully saturated rings. The number of benzene rings is 2. The molecule has 13 nitrogen and oxygen atoms in total. The highest BCUT2D eigenvalue weighted by molar-refractivity contribution is 7.90. The molecule has 0 spiro atoms. The maximum Gasteiger partial charge on any atom is 0.268 e. The van der Waals surface area contributed by atoms with E-state index in [-0.39, 0.29) is 44.5 Å². The Bertz CT molecular complexity index is 2650. The fourth-order valence-electron chi connectivity index (χ4n) is 9.05. The summed E-state index contributed by atoms with van der Waals surface area (Å²) in [6, 6.07) is 18.1. The van der Waals surface area contributed by atoms with Crippen LogP contribution in [0, 0.1) is 11.3 Å². The zero-order chi connectivity index (χ0) is 44.6. The normalized spacial score (nSPS) is 21.2. The highest BCUT2D eigenvalue weighted by Crippen LogP contribution is 2.43. The highest BCUT2D eigenvalue weighted by Gasteiger charge is 2.39. The van der Waals surface area contributed by atoms with Crippen LogP contribution in [0.15, 0.2) is 89.7 Å². The number of H-pyrrole nitrogens is 1. The van der Waals surface area contributed by atoms with Crippen molar-refractivity contribution in [3.63, 3.8) is 0 Å². The molecule has 0 saturated carbocycles. The van der Waals surface area contributed by atoms with Crippen LogP contribution >= 0.6 is 23.2 Å². The Kier molecular flexibility index (Phi) is 12.9. The quantitative estimate of drug-likeness (QED) is 0.117. The summed E-state index contributed by atoms with van der Waals surface area (Å²) in [5.41, 5.74) is 5.90. The SMILES string of the molecule is CC1(C)CCC(CN2CCN(c3ccc(C(=O)NS(=O)(=O)c4cnc(OCC5CCN(C6COC6F)CC5)c(Cl)c4)c(Oc4cnc5[nH]ccc5c4)c3)CC2)=C(c2ccc(Cl)cc2)C1. The van der Waals surface area contributed by atoms with Gasteiger partial charge in [0.25, 0.3) is 15.9 Å². The number of aromatic nitrogens is 3. The first-order valence-electron chi connectivity index (χ1n) is 21.8. The number of amides is 1. The summed E-state index contributed by atoms with van der Waals surface area (Å²) in [6.07, 6.45) is 8.05. The minimum absolute atomic E-state index is 0.0119. The second kappa shape index (κ2) is 18.6. The minimum atomic E-state index is -4.43. The van der Waals surface area contributed by atoms with E-state index < -0.39 is 22.3 Å². The van der Waals surface area contributed by atoms with Gasteiger partial charge in [-0.3, -0.25) is 14.6 Å². The molecule has 2 aromatic carbocycles. The number of alkyl halides is 1. The van der Waals surface area contributed by atoms with Gasteiger partial charge in [-0.25, -0.2) is 27.5 Å². The molecule has 9 rings (SSSR count). The number of rotatable bonds is 13. The van der Waals surface area contributed by atoms with Crippen LogP contribution in [0.3, 0.4) is 0 Å². The number of piperidine rings is 1. The summed E-state index contributed by atoms with van der Waals surface area (Å²) in [5.74, 6) is -0.0506. The van der Waals surface area contributed by atoms with Gasteiger partial charge in [-0.2, -0.15) is 0 Å². The number of carbonyl (C=O) groups is 1. The Balaban J connectivity index is 0.876. The molecule has 2 unspecified atom stereocenters. The van der Waals surface area contributed by atoms with E-state index in [1.165, 1.54) is 22.8 Å². The molecule has 6 heterocycles. The average molecular weight is 933 g/mol. The summed E-state index contributed by atoms with van der Waals surface area (Å²) in [7, 11) is -4.43. The number of piperazine rings is 1. The third-order valence-corrected chi connectivity index (χ3v) is 14.8. The third kappa shape index (κ3) is 10.0. The Labute approximate surface area is 382 Å². The molecule has 2 atom stereocenters. The van der Waals surface area contributed by atoms with Crippen molar-refractivity contribution >= 4 is 61.4 Å². The number of fused-ring (bicyclic) bond motifs is 1. The van der Waals surface area contributed by atoms with Crippen molar-refractivity contribution in [2.24, 2.45) is 11.3 Å². The minimum Gasteiger partial charge on any atom is -0.476 e. The zero-order valence-electron chi connectivity index (χ0n) is 35.9. The molecule has 338 valence electrons. The summed E-state index contributed by atoms with van der Waals surface area (Å²) in [5, 5.41) is 1.53. The number of allylic oxidation sites excluding steroid dienone is 1. The number of anilines is 1. The number of aromatic amines is 1. The number of hydrogen-bond acceptors (Lipinski definition) is 11. The van der Waals surface area contributed by atoms with Gasteiger partial charge < -0.3 is 24.1 Å². The number of carbonyl (C=O) groups excluding carboxylic acids is 1. The van der Waals surface area contributed by atoms with Gasteiger partial charge in [0.2, 0.25) is 12.2 Å². The number of ether oxygens (including phenoxy) is 3. The van der Waals surface area contributed by atoms with E-state index in [0.29, 0.717) is 24.6 Å². The summed E-state index contributed by atoms with van der Waals surface area (Å²) >= 11 is 12.7. The lowest BCUT2D eigenvalue weighted by Crippen LogP contribution is -2.56. The molecule has 4 aliphatic rings. The molecule has 3 aromatic heterocycles. The van der Waals surface area contributed by atoms with Crippen molar-refractivity contribution in [3.8, 4) is 17.4 Å². The van der Waals surface area contributed by atoms with Gasteiger partial charge >= 0.3 is 0 Å². The lowest BCUT2D eigenvalue weighted by Gasteiger charge is -2.43. The van der Waals surface area contributed by atoms with Crippen molar-refractivity contribution in [3.05, 3.63) is 106 Å². The van der Waals surface area contributed by atoms with E-state index in [0.717, 1.165) is 100 Å². The van der Waals surface area contributed by atoms with Crippen LogP contribution in [-0.2, 0) is 14.8 Å². The number of hydrogen-bond donors (Lipinski definition) is 2. The first-order valence-corrected chi connectivity index (χ1v) is 24.1. The van der Waals surface area contributed by atoms with Crippen molar-refractivity contribution in [1.82, 2.24) is 29.5 Å². The van der Waals surface area contributed by atoms with E-state index in [9.17, 15) is 17.6 Å². The van der Waals surface area contributed by atoms with Crippen LogP contribution < -0.4 is 19.1 Å². The standard InChI is InChI=1S/C47H52Cl2FN7O6S/c1-47(2)13-9-33(39(24-47)31-3-5-34(48)6-4-31)27-55-17-19-56(20-18-55)35-7-8-38(42(22-35)63-36-21-32-10-14-51-44(32)52-25-36)45(58)54-64(59,60)37-23-40(49)46(53-26-37)62-28-30-11-15-57(16-12-30)41-29-61-43(41)50/h3-8,10,14,21-23,25-26,30,41,43H,9,11-13,15-20,24,27-29H2,1-2H3,(H,51,52)(H,54,58). The Morgan fingerprint density at radius 2 is 1.77 bits per heavy atom. The summed E-state index contributed by atoms with van der Waals surface area (Å²) < 4.78 is 60.3. The highest BCUT2D eigenvalue weighted by atomic mass is 35.5. The summed E-state index contributed by atoms with van der Waals surface area (Å²) in [6.45, 7) is 10.9. The molecule has 3 saturated heterocycles. The fraction of sp³-hybridized carbons (Fsp3) is 0.426. The second-order valence-electron chi connectivity index (χ2n) is 18.0. The van der Waals surface area contributed by atoms with Gasteiger partial charge in [-0.1, -0.05) is 54.8 Å². The lowest BCUT2D eigenvalue weighted by atomic mass is 9.72. The molecule has 5 aromatic rings.